The third kappa shape index (κ3) is 3.21. The molecule has 0 atom stereocenters. The van der Waals surface area contributed by atoms with Gasteiger partial charge in [-0.1, -0.05) is 44.4 Å². The Morgan fingerprint density at radius 2 is 1.76 bits per heavy atom. The minimum Gasteiger partial charge on any atom is -0.339 e. The van der Waals surface area contributed by atoms with Crippen molar-refractivity contribution in [2.75, 3.05) is 13.1 Å². The number of para-hydroxylation sites is 1. The lowest BCUT2D eigenvalue weighted by Gasteiger charge is -2.32. The summed E-state index contributed by atoms with van der Waals surface area (Å²) in [7, 11) is 0. The molecule has 2 aliphatic heterocycles. The van der Waals surface area contributed by atoms with Crippen LogP contribution in [0.15, 0.2) is 24.3 Å². The summed E-state index contributed by atoms with van der Waals surface area (Å²) < 4.78 is 0. The van der Waals surface area contributed by atoms with Gasteiger partial charge in [-0.3, -0.25) is 9.59 Å². The fraction of sp³-hybridized carbons (Fsp3) is 0.542. The normalized spacial score (nSPS) is 21.1. The first kappa shape index (κ1) is 18.6. The average molecular weight is 392 g/mol. The zero-order valence-electron chi connectivity index (χ0n) is 17.2. The monoisotopic (exact) mass is 391 g/mol. The predicted octanol–water partition coefficient (Wildman–Crippen LogP) is 4.40. The second kappa shape index (κ2) is 7.43. The molecule has 5 heteroatoms. The maximum absolute atomic E-state index is 13.6. The molecular formula is C24H29N3O2. The Balaban J connectivity index is 1.57. The minimum absolute atomic E-state index is 0.0129. The van der Waals surface area contributed by atoms with E-state index in [-0.39, 0.29) is 17.9 Å². The van der Waals surface area contributed by atoms with Crippen LogP contribution in [-0.4, -0.2) is 45.7 Å². The van der Waals surface area contributed by atoms with Gasteiger partial charge in [0.25, 0.3) is 11.8 Å². The summed E-state index contributed by atoms with van der Waals surface area (Å²) in [6.07, 6.45) is 7.83. The van der Waals surface area contributed by atoms with Gasteiger partial charge >= 0.3 is 0 Å². The number of benzene rings is 1. The number of carbonyl (C=O) groups is 2. The SMILES string of the molecule is CC1CCN(C(=O)c2c3c(nc4ccccc24)C(=O)N(C2CCCCC2)C3)CC1. The number of fused-ring (bicyclic) bond motifs is 2. The number of aromatic nitrogens is 1. The Hall–Kier alpha value is -2.43. The molecule has 1 aliphatic carbocycles. The third-order valence-corrected chi connectivity index (χ3v) is 7.09. The van der Waals surface area contributed by atoms with E-state index in [0.29, 0.717) is 23.7 Å². The maximum atomic E-state index is 13.6. The van der Waals surface area contributed by atoms with Crippen LogP contribution < -0.4 is 0 Å². The van der Waals surface area contributed by atoms with Crippen LogP contribution in [0.2, 0.25) is 0 Å². The molecule has 0 unspecified atom stereocenters. The molecule has 1 saturated carbocycles. The van der Waals surface area contributed by atoms with Crippen molar-refractivity contribution in [1.29, 1.82) is 0 Å². The lowest BCUT2D eigenvalue weighted by Crippen LogP contribution is -2.38. The van der Waals surface area contributed by atoms with Gasteiger partial charge in [0, 0.05) is 36.6 Å². The van der Waals surface area contributed by atoms with Gasteiger partial charge in [0.15, 0.2) is 0 Å². The lowest BCUT2D eigenvalue weighted by atomic mass is 9.94. The van der Waals surface area contributed by atoms with E-state index in [1.54, 1.807) is 0 Å². The smallest absolute Gasteiger partial charge is 0.273 e. The highest BCUT2D eigenvalue weighted by molar-refractivity contribution is 6.11. The molecule has 5 nitrogen and oxygen atoms in total. The van der Waals surface area contributed by atoms with E-state index in [1.807, 2.05) is 34.1 Å². The average Bonchev–Trinajstić information content (AvgIpc) is 3.09. The molecule has 29 heavy (non-hydrogen) atoms. The topological polar surface area (TPSA) is 53.5 Å². The fourth-order valence-corrected chi connectivity index (χ4v) is 5.26. The quantitative estimate of drug-likeness (QED) is 0.763. The fourth-order valence-electron chi connectivity index (χ4n) is 5.26. The first-order valence-corrected chi connectivity index (χ1v) is 11.2. The molecule has 5 rings (SSSR count). The van der Waals surface area contributed by atoms with Gasteiger partial charge in [-0.05, 0) is 37.7 Å². The third-order valence-electron chi connectivity index (χ3n) is 7.09. The molecule has 152 valence electrons. The Kier molecular flexibility index (Phi) is 4.76. The van der Waals surface area contributed by atoms with Crippen LogP contribution in [0.25, 0.3) is 10.9 Å². The van der Waals surface area contributed by atoms with E-state index in [1.165, 1.54) is 19.3 Å². The van der Waals surface area contributed by atoms with E-state index in [9.17, 15) is 9.59 Å². The molecule has 3 aliphatic rings. The van der Waals surface area contributed by atoms with Crippen molar-refractivity contribution in [3.63, 3.8) is 0 Å². The number of hydrogen-bond donors (Lipinski definition) is 0. The summed E-state index contributed by atoms with van der Waals surface area (Å²) in [5.74, 6) is 0.756. The molecule has 0 N–H and O–H groups in total. The summed E-state index contributed by atoms with van der Waals surface area (Å²) in [6, 6.07) is 8.07. The second-order valence-electron chi connectivity index (χ2n) is 9.03. The zero-order valence-corrected chi connectivity index (χ0v) is 17.2. The molecule has 1 saturated heterocycles. The van der Waals surface area contributed by atoms with Crippen molar-refractivity contribution in [3.8, 4) is 0 Å². The van der Waals surface area contributed by atoms with Gasteiger partial charge in [-0.2, -0.15) is 0 Å². The van der Waals surface area contributed by atoms with Crippen LogP contribution in [0.4, 0.5) is 0 Å². The number of rotatable bonds is 2. The number of pyridine rings is 1. The Labute approximate surface area is 172 Å². The first-order valence-electron chi connectivity index (χ1n) is 11.2. The van der Waals surface area contributed by atoms with Crippen molar-refractivity contribution < 1.29 is 9.59 Å². The maximum Gasteiger partial charge on any atom is 0.273 e. The predicted molar refractivity (Wildman–Crippen MR) is 113 cm³/mol. The van der Waals surface area contributed by atoms with Crippen molar-refractivity contribution in [2.45, 2.75) is 64.5 Å². The Morgan fingerprint density at radius 1 is 1.03 bits per heavy atom. The summed E-state index contributed by atoms with van der Waals surface area (Å²) in [5.41, 5.74) is 2.82. The number of nitrogens with zero attached hydrogens (tertiary/aromatic N) is 3. The van der Waals surface area contributed by atoms with Crippen LogP contribution in [0.5, 0.6) is 0 Å². The van der Waals surface area contributed by atoms with Gasteiger partial charge in [-0.25, -0.2) is 4.98 Å². The van der Waals surface area contributed by atoms with Crippen LogP contribution in [0, 0.1) is 5.92 Å². The van der Waals surface area contributed by atoms with Crippen LogP contribution in [-0.2, 0) is 6.54 Å². The van der Waals surface area contributed by atoms with Crippen LogP contribution >= 0.6 is 0 Å². The molecule has 1 aromatic heterocycles. The number of hydrogen-bond acceptors (Lipinski definition) is 3. The summed E-state index contributed by atoms with van der Waals surface area (Å²) in [6.45, 7) is 4.38. The number of piperidine rings is 1. The van der Waals surface area contributed by atoms with Crippen LogP contribution in [0.1, 0.15) is 78.3 Å². The van der Waals surface area contributed by atoms with Gasteiger partial charge < -0.3 is 9.80 Å². The highest BCUT2D eigenvalue weighted by atomic mass is 16.2. The first-order chi connectivity index (χ1) is 14.1. The molecular weight excluding hydrogens is 362 g/mol. The number of carbonyl (C=O) groups excluding carboxylic acids is 2. The molecule has 3 heterocycles. The summed E-state index contributed by atoms with van der Waals surface area (Å²) in [5, 5.41) is 0.883. The van der Waals surface area contributed by atoms with Crippen molar-refractivity contribution in [2.24, 2.45) is 5.92 Å². The van der Waals surface area contributed by atoms with E-state index >= 15 is 0 Å². The molecule has 2 fully saturated rings. The van der Waals surface area contributed by atoms with Gasteiger partial charge in [-0.15, -0.1) is 0 Å². The van der Waals surface area contributed by atoms with E-state index in [2.05, 4.69) is 6.92 Å². The second-order valence-corrected chi connectivity index (χ2v) is 9.03. The molecule has 2 amide bonds. The number of amides is 2. The van der Waals surface area contributed by atoms with Crippen molar-refractivity contribution in [1.82, 2.24) is 14.8 Å². The van der Waals surface area contributed by atoms with Crippen LogP contribution in [0.3, 0.4) is 0 Å². The standard InChI is InChI=1S/C24H29N3O2/c1-16-11-13-26(14-12-16)23(28)21-18-9-5-6-10-20(18)25-22-19(21)15-27(24(22)29)17-7-3-2-4-8-17/h5-6,9-10,16-17H,2-4,7-8,11-15H2,1H3. The molecule has 1 aromatic carbocycles. The van der Waals surface area contributed by atoms with E-state index < -0.39 is 0 Å². The molecule has 2 aromatic rings. The van der Waals surface area contributed by atoms with Gasteiger partial charge in [0.1, 0.15) is 5.69 Å². The lowest BCUT2D eigenvalue weighted by molar-refractivity contribution is 0.0648. The summed E-state index contributed by atoms with van der Waals surface area (Å²) >= 11 is 0. The highest BCUT2D eigenvalue weighted by Gasteiger charge is 2.38. The van der Waals surface area contributed by atoms with Crippen molar-refractivity contribution >= 4 is 22.7 Å². The Bertz CT molecular complexity index is 956. The minimum atomic E-state index is 0.0129. The largest absolute Gasteiger partial charge is 0.339 e. The summed E-state index contributed by atoms with van der Waals surface area (Å²) in [4.78, 5) is 35.6. The molecule has 0 bridgehead atoms. The van der Waals surface area contributed by atoms with E-state index in [4.69, 9.17) is 4.98 Å². The Morgan fingerprint density at radius 3 is 2.52 bits per heavy atom. The van der Waals surface area contributed by atoms with Gasteiger partial charge in [0.05, 0.1) is 11.1 Å². The van der Waals surface area contributed by atoms with Gasteiger partial charge in [0.2, 0.25) is 0 Å². The number of likely N-dealkylation sites (tertiary alicyclic amines) is 1. The molecule has 0 spiro atoms. The highest BCUT2D eigenvalue weighted by Crippen LogP contribution is 2.35. The molecule has 0 radical (unpaired) electrons. The zero-order chi connectivity index (χ0) is 20.0. The van der Waals surface area contributed by atoms with E-state index in [0.717, 1.165) is 55.2 Å². The van der Waals surface area contributed by atoms with Crippen molar-refractivity contribution in [3.05, 3.63) is 41.1 Å².